The number of hydrogen-bond acceptors (Lipinski definition) is 1. The second kappa shape index (κ2) is 3.99. The summed E-state index contributed by atoms with van der Waals surface area (Å²) in [6.45, 7) is 4.21. The van der Waals surface area contributed by atoms with Crippen molar-refractivity contribution in [3.05, 3.63) is 29.6 Å². The van der Waals surface area contributed by atoms with Crippen LogP contribution in [0.2, 0.25) is 0 Å². The number of halogens is 1. The fourth-order valence-corrected chi connectivity index (χ4v) is 0.889. The van der Waals surface area contributed by atoms with E-state index in [4.69, 9.17) is 0 Å². The van der Waals surface area contributed by atoms with Crippen molar-refractivity contribution in [2.45, 2.75) is 20.3 Å². The summed E-state index contributed by atoms with van der Waals surface area (Å²) in [7, 11) is 0. The average Bonchev–Trinajstić information content (AvgIpc) is 1.89. The first-order valence-corrected chi connectivity index (χ1v) is 3.25. The maximum absolute atomic E-state index is 4.20. The summed E-state index contributed by atoms with van der Waals surface area (Å²) in [6.07, 6.45) is 2.87. The van der Waals surface area contributed by atoms with Gasteiger partial charge in [-0.2, -0.15) is 0 Å². The van der Waals surface area contributed by atoms with E-state index in [0.717, 1.165) is 6.42 Å². The number of hydrogen-bond donors (Lipinski definition) is 0. The Morgan fingerprint density at radius 2 is 2.20 bits per heavy atom. The zero-order valence-corrected chi connectivity index (χ0v) is 6.29. The molecule has 10 heavy (non-hydrogen) atoms. The van der Waals surface area contributed by atoms with Crippen LogP contribution in [-0.2, 0) is 6.42 Å². The van der Waals surface area contributed by atoms with E-state index in [0.29, 0.717) is 0 Å². The van der Waals surface area contributed by atoms with Crippen molar-refractivity contribution >= 4 is 0 Å². The topological polar surface area (TPSA) is 12.9 Å². The summed E-state index contributed by atoms with van der Waals surface area (Å²) < 4.78 is 0. The molecule has 0 saturated heterocycles. The lowest BCUT2D eigenvalue weighted by atomic mass is 10.2. The predicted octanol–water partition coefficient (Wildman–Crippen LogP) is 2.10. The van der Waals surface area contributed by atoms with Crippen LogP contribution in [0.1, 0.15) is 18.2 Å². The molecular weight excluding hydrogens is 129 g/mol. The van der Waals surface area contributed by atoms with E-state index < -0.39 is 0 Å². The minimum atomic E-state index is 0. The van der Waals surface area contributed by atoms with E-state index >= 15 is 0 Å². The Morgan fingerprint density at radius 3 is 2.60 bits per heavy atom. The molecule has 0 atom stereocenters. The van der Waals surface area contributed by atoms with Crippen LogP contribution in [0, 0.1) is 6.92 Å². The van der Waals surface area contributed by atoms with E-state index in [2.05, 4.69) is 24.9 Å². The molecule has 0 unspecified atom stereocenters. The Morgan fingerprint density at radius 1 is 1.50 bits per heavy atom. The molecule has 0 aliphatic heterocycles. The molecule has 0 N–H and O–H groups in total. The first-order chi connectivity index (χ1) is 4.34. The number of pyridine rings is 1. The minimum Gasteiger partial charge on any atom is -0.269 e. The predicted molar refractivity (Wildman–Crippen MR) is 40.9 cm³/mol. The molecule has 0 radical (unpaired) electrons. The Hall–Kier alpha value is -0.920. The molecule has 0 fully saturated rings. The fraction of sp³-hybridized carbons (Fsp3) is 0.375. The van der Waals surface area contributed by atoms with Crippen LogP contribution in [0.15, 0.2) is 18.3 Å². The van der Waals surface area contributed by atoms with Gasteiger partial charge in [0.1, 0.15) is 0 Å². The molecule has 1 nitrogen and oxygen atoms in total. The molecule has 0 aliphatic carbocycles. The molecule has 0 bridgehead atoms. The van der Waals surface area contributed by atoms with Gasteiger partial charge >= 0.3 is 0 Å². The quantitative estimate of drug-likeness (QED) is 0.583. The molecule has 1 aromatic rings. The van der Waals surface area contributed by atoms with Gasteiger partial charge in [0.2, 0.25) is 0 Å². The molecule has 1 aromatic heterocycles. The van der Waals surface area contributed by atoms with Crippen LogP contribution < -0.4 is 0 Å². The Balaban J connectivity index is 0.000000810. The molecule has 0 aliphatic rings. The van der Waals surface area contributed by atoms with Crippen LogP contribution in [0.4, 0.5) is 4.70 Å². The molecule has 0 spiro atoms. The third-order valence-corrected chi connectivity index (χ3v) is 1.45. The van der Waals surface area contributed by atoms with E-state index in [1.165, 1.54) is 11.3 Å². The van der Waals surface area contributed by atoms with Gasteiger partial charge in [0.05, 0.1) is 0 Å². The highest BCUT2D eigenvalue weighted by molar-refractivity contribution is 5.16. The zero-order valence-electron chi connectivity index (χ0n) is 6.29. The summed E-state index contributed by atoms with van der Waals surface area (Å²) in [5, 5.41) is 0. The van der Waals surface area contributed by atoms with Crippen molar-refractivity contribution in [3.8, 4) is 0 Å². The Labute approximate surface area is 60.5 Å². The summed E-state index contributed by atoms with van der Waals surface area (Å²) in [4.78, 5) is 4.20. The lowest BCUT2D eigenvalue weighted by Crippen LogP contribution is -1.88. The first kappa shape index (κ1) is 9.08. The highest BCUT2D eigenvalue weighted by Gasteiger charge is 1.91. The monoisotopic (exact) mass is 141 g/mol. The van der Waals surface area contributed by atoms with E-state index in [-0.39, 0.29) is 4.70 Å². The Kier molecular flexibility index (Phi) is 3.62. The smallest absolute Gasteiger partial charge is 0.0429 e. The molecular formula is C8H12FN. The van der Waals surface area contributed by atoms with Gasteiger partial charge < -0.3 is 0 Å². The lowest BCUT2D eigenvalue weighted by molar-refractivity contribution is 1.01. The normalized spacial score (nSPS) is 8.60. The highest BCUT2D eigenvalue weighted by atomic mass is 19.0. The number of nitrogens with zero attached hydrogens (tertiary/aromatic N) is 1. The average molecular weight is 141 g/mol. The molecule has 1 heterocycles. The molecule has 0 saturated carbocycles. The van der Waals surface area contributed by atoms with Crippen LogP contribution in [-0.4, -0.2) is 4.98 Å². The van der Waals surface area contributed by atoms with Gasteiger partial charge in [0.15, 0.2) is 0 Å². The first-order valence-electron chi connectivity index (χ1n) is 3.25. The SMILES string of the molecule is CCc1ncccc1C.F. The number of rotatable bonds is 1. The van der Waals surface area contributed by atoms with Gasteiger partial charge in [-0.25, -0.2) is 0 Å². The summed E-state index contributed by atoms with van der Waals surface area (Å²) in [5.74, 6) is 0. The molecule has 0 aromatic carbocycles. The van der Waals surface area contributed by atoms with Crippen LogP contribution in [0.5, 0.6) is 0 Å². The highest BCUT2D eigenvalue weighted by Crippen LogP contribution is 2.01. The molecule has 1 rings (SSSR count). The standard InChI is InChI=1S/C8H11N.FH/c1-3-8-7(2)5-4-6-9-8;/h4-6H,3H2,1-2H3;1H. The fourth-order valence-electron chi connectivity index (χ4n) is 0.889. The van der Waals surface area contributed by atoms with Gasteiger partial charge in [-0.1, -0.05) is 13.0 Å². The van der Waals surface area contributed by atoms with Crippen molar-refractivity contribution in [2.75, 3.05) is 0 Å². The van der Waals surface area contributed by atoms with Crippen LogP contribution in [0.3, 0.4) is 0 Å². The van der Waals surface area contributed by atoms with E-state index in [9.17, 15) is 0 Å². The van der Waals surface area contributed by atoms with Crippen molar-refractivity contribution in [1.82, 2.24) is 4.98 Å². The lowest BCUT2D eigenvalue weighted by Gasteiger charge is -1.97. The van der Waals surface area contributed by atoms with Gasteiger partial charge in [0.25, 0.3) is 0 Å². The Bertz CT molecular complexity index is 198. The molecule has 2 heteroatoms. The van der Waals surface area contributed by atoms with Gasteiger partial charge in [-0.05, 0) is 25.0 Å². The van der Waals surface area contributed by atoms with Crippen molar-refractivity contribution in [1.29, 1.82) is 0 Å². The van der Waals surface area contributed by atoms with Gasteiger partial charge in [0, 0.05) is 11.9 Å². The number of aryl methyl sites for hydroxylation is 2. The zero-order chi connectivity index (χ0) is 6.69. The largest absolute Gasteiger partial charge is 0.269 e. The number of aromatic nitrogens is 1. The summed E-state index contributed by atoms with van der Waals surface area (Å²) in [6, 6.07) is 4.06. The van der Waals surface area contributed by atoms with Crippen molar-refractivity contribution in [2.24, 2.45) is 0 Å². The van der Waals surface area contributed by atoms with Crippen molar-refractivity contribution in [3.63, 3.8) is 0 Å². The molecule has 0 amide bonds. The second-order valence-corrected chi connectivity index (χ2v) is 2.12. The van der Waals surface area contributed by atoms with Crippen LogP contribution in [0.25, 0.3) is 0 Å². The maximum Gasteiger partial charge on any atom is 0.0429 e. The van der Waals surface area contributed by atoms with Crippen LogP contribution >= 0.6 is 0 Å². The summed E-state index contributed by atoms with van der Waals surface area (Å²) in [5.41, 5.74) is 2.50. The second-order valence-electron chi connectivity index (χ2n) is 2.12. The van der Waals surface area contributed by atoms with Gasteiger partial charge in [-0.3, -0.25) is 9.69 Å². The summed E-state index contributed by atoms with van der Waals surface area (Å²) >= 11 is 0. The molecule has 56 valence electrons. The third kappa shape index (κ3) is 1.79. The van der Waals surface area contributed by atoms with Crippen molar-refractivity contribution < 1.29 is 4.70 Å². The minimum absolute atomic E-state index is 0. The third-order valence-electron chi connectivity index (χ3n) is 1.45. The van der Waals surface area contributed by atoms with E-state index in [1.807, 2.05) is 12.3 Å². The maximum atomic E-state index is 4.20. The van der Waals surface area contributed by atoms with Gasteiger partial charge in [-0.15, -0.1) is 0 Å². The van der Waals surface area contributed by atoms with E-state index in [1.54, 1.807) is 0 Å².